The van der Waals surface area contributed by atoms with Crippen molar-refractivity contribution in [2.45, 2.75) is 13.1 Å². The molecule has 4 aromatic rings. The fraction of sp³-hybridized carbons (Fsp3) is 0.143. The normalized spacial score (nSPS) is 11.6. The molecule has 0 aliphatic carbocycles. The number of aromatic nitrogens is 2. The Morgan fingerprint density at radius 1 is 1.17 bits per heavy atom. The van der Waals surface area contributed by atoms with E-state index >= 15 is 0 Å². The molecule has 2 heterocycles. The molecular weight excluding hydrogens is 415 g/mol. The number of halogens is 3. The van der Waals surface area contributed by atoms with Crippen LogP contribution < -0.4 is 10.1 Å². The lowest BCUT2D eigenvalue weighted by molar-refractivity contribution is -0.137. The maximum atomic E-state index is 13.0. The standard InChI is InChI=1S/C21H16F3N3O2S/c1-12-3-5-13(6-4-12)16-10-27-17(11-30-20(27)26-16)19(28)25-15-9-14(21(22,23)24)7-8-18(15)29-2/h3-11H,1-2H3,(H,25,28). The third kappa shape index (κ3) is 3.76. The number of methoxy groups -OCH3 is 1. The van der Waals surface area contributed by atoms with E-state index in [1.807, 2.05) is 31.2 Å². The minimum Gasteiger partial charge on any atom is -0.495 e. The van der Waals surface area contributed by atoms with Gasteiger partial charge in [0.15, 0.2) is 4.96 Å². The average molecular weight is 431 g/mol. The summed E-state index contributed by atoms with van der Waals surface area (Å²) in [6.07, 6.45) is -2.80. The second kappa shape index (κ2) is 7.49. The number of aryl methyl sites for hydroxylation is 1. The maximum Gasteiger partial charge on any atom is 0.416 e. The molecule has 0 bridgehead atoms. The minimum atomic E-state index is -4.53. The van der Waals surface area contributed by atoms with Gasteiger partial charge in [-0.2, -0.15) is 13.2 Å². The van der Waals surface area contributed by atoms with Gasteiger partial charge in [-0.1, -0.05) is 29.8 Å². The van der Waals surface area contributed by atoms with Crippen LogP contribution in [0.5, 0.6) is 5.75 Å². The molecule has 0 radical (unpaired) electrons. The summed E-state index contributed by atoms with van der Waals surface area (Å²) in [6.45, 7) is 1.99. The number of nitrogens with one attached hydrogen (secondary N) is 1. The zero-order valence-corrected chi connectivity index (χ0v) is 16.8. The van der Waals surface area contributed by atoms with Crippen molar-refractivity contribution >= 4 is 27.9 Å². The SMILES string of the molecule is COc1ccc(C(F)(F)F)cc1NC(=O)c1csc2nc(-c3ccc(C)cc3)cn12. The number of fused-ring (bicyclic) bond motifs is 1. The van der Waals surface area contributed by atoms with Crippen molar-refractivity contribution < 1.29 is 22.7 Å². The minimum absolute atomic E-state index is 0.0597. The number of carbonyl (C=O) groups is 1. The van der Waals surface area contributed by atoms with Crippen molar-refractivity contribution in [2.24, 2.45) is 0 Å². The van der Waals surface area contributed by atoms with Gasteiger partial charge in [0, 0.05) is 17.1 Å². The number of carbonyl (C=O) groups excluding carboxylic acids is 1. The van der Waals surface area contributed by atoms with Crippen LogP contribution in [0.1, 0.15) is 21.6 Å². The van der Waals surface area contributed by atoms with Crippen molar-refractivity contribution in [3.63, 3.8) is 0 Å². The van der Waals surface area contributed by atoms with Crippen molar-refractivity contribution in [1.29, 1.82) is 0 Å². The Hall–Kier alpha value is -3.33. The first-order valence-corrected chi connectivity index (χ1v) is 9.74. The third-order valence-corrected chi connectivity index (χ3v) is 5.40. The van der Waals surface area contributed by atoms with Gasteiger partial charge in [0.2, 0.25) is 0 Å². The van der Waals surface area contributed by atoms with Gasteiger partial charge in [-0.15, -0.1) is 11.3 Å². The quantitative estimate of drug-likeness (QED) is 0.454. The smallest absolute Gasteiger partial charge is 0.416 e. The van der Waals surface area contributed by atoms with Gasteiger partial charge in [0.1, 0.15) is 11.4 Å². The summed E-state index contributed by atoms with van der Waals surface area (Å²) in [7, 11) is 1.32. The van der Waals surface area contributed by atoms with Gasteiger partial charge in [-0.25, -0.2) is 4.98 Å². The molecule has 0 aliphatic heterocycles. The number of thiazole rings is 1. The van der Waals surface area contributed by atoms with Crippen molar-refractivity contribution in [3.05, 3.63) is 70.9 Å². The fourth-order valence-electron chi connectivity index (χ4n) is 2.98. The van der Waals surface area contributed by atoms with Gasteiger partial charge in [-0.05, 0) is 25.1 Å². The van der Waals surface area contributed by atoms with E-state index in [1.54, 1.807) is 16.0 Å². The largest absolute Gasteiger partial charge is 0.495 e. The molecule has 9 heteroatoms. The van der Waals surface area contributed by atoms with E-state index in [-0.39, 0.29) is 17.1 Å². The highest BCUT2D eigenvalue weighted by atomic mass is 32.1. The monoisotopic (exact) mass is 431 g/mol. The fourth-order valence-corrected chi connectivity index (χ4v) is 3.83. The molecular formula is C21H16F3N3O2S. The second-order valence-electron chi connectivity index (χ2n) is 6.63. The number of benzene rings is 2. The molecule has 154 valence electrons. The first-order chi connectivity index (χ1) is 14.3. The van der Waals surface area contributed by atoms with E-state index in [0.717, 1.165) is 23.3 Å². The number of ether oxygens (including phenoxy) is 1. The topological polar surface area (TPSA) is 55.6 Å². The van der Waals surface area contributed by atoms with Crippen molar-refractivity contribution in [2.75, 3.05) is 12.4 Å². The molecule has 2 aromatic carbocycles. The number of hydrogen-bond donors (Lipinski definition) is 1. The predicted octanol–water partition coefficient (Wildman–Crippen LogP) is 5.65. The summed E-state index contributed by atoms with van der Waals surface area (Å²) in [5.41, 5.74) is 2.05. The number of alkyl halides is 3. The van der Waals surface area contributed by atoms with Crippen LogP contribution in [0.4, 0.5) is 18.9 Å². The van der Waals surface area contributed by atoms with Crippen LogP contribution in [0.2, 0.25) is 0 Å². The van der Waals surface area contributed by atoms with E-state index in [4.69, 9.17) is 4.74 Å². The molecule has 0 atom stereocenters. The Morgan fingerprint density at radius 2 is 1.90 bits per heavy atom. The summed E-state index contributed by atoms with van der Waals surface area (Å²) < 4.78 is 45.9. The Labute approximate surface area is 173 Å². The highest BCUT2D eigenvalue weighted by Crippen LogP contribution is 2.35. The second-order valence-corrected chi connectivity index (χ2v) is 7.47. The average Bonchev–Trinajstić information content (AvgIpc) is 3.28. The van der Waals surface area contributed by atoms with Crippen LogP contribution in [0.25, 0.3) is 16.2 Å². The Bertz CT molecular complexity index is 1230. The van der Waals surface area contributed by atoms with Crippen molar-refractivity contribution in [1.82, 2.24) is 9.38 Å². The Balaban J connectivity index is 1.66. The lowest BCUT2D eigenvalue weighted by atomic mass is 10.1. The highest BCUT2D eigenvalue weighted by molar-refractivity contribution is 7.15. The number of amides is 1. The van der Waals surface area contributed by atoms with Gasteiger partial charge < -0.3 is 10.1 Å². The molecule has 0 fully saturated rings. The molecule has 5 nitrogen and oxygen atoms in total. The number of rotatable bonds is 4. The zero-order chi connectivity index (χ0) is 21.5. The van der Waals surface area contributed by atoms with E-state index in [0.29, 0.717) is 10.7 Å². The van der Waals surface area contributed by atoms with Crippen LogP contribution in [-0.2, 0) is 6.18 Å². The van der Waals surface area contributed by atoms with Crippen LogP contribution >= 0.6 is 11.3 Å². The Kier molecular flexibility index (Phi) is 4.98. The summed E-state index contributed by atoms with van der Waals surface area (Å²) >= 11 is 1.27. The van der Waals surface area contributed by atoms with E-state index in [1.165, 1.54) is 24.5 Å². The highest BCUT2D eigenvalue weighted by Gasteiger charge is 2.31. The van der Waals surface area contributed by atoms with E-state index < -0.39 is 17.6 Å². The number of nitrogens with zero attached hydrogens (tertiary/aromatic N) is 2. The van der Waals surface area contributed by atoms with Crippen LogP contribution in [0.15, 0.2) is 54.0 Å². The molecule has 4 rings (SSSR count). The lowest BCUT2D eigenvalue weighted by Gasteiger charge is -2.13. The first-order valence-electron chi connectivity index (χ1n) is 8.86. The van der Waals surface area contributed by atoms with E-state index in [9.17, 15) is 18.0 Å². The molecule has 0 saturated heterocycles. The maximum absolute atomic E-state index is 13.0. The summed E-state index contributed by atoms with van der Waals surface area (Å²) in [6, 6.07) is 10.7. The molecule has 2 aromatic heterocycles. The molecule has 1 amide bonds. The van der Waals surface area contributed by atoms with Crippen LogP contribution in [-0.4, -0.2) is 22.4 Å². The van der Waals surface area contributed by atoms with Gasteiger partial charge in [0.05, 0.1) is 24.1 Å². The number of anilines is 1. The Morgan fingerprint density at radius 3 is 2.57 bits per heavy atom. The predicted molar refractivity (Wildman–Crippen MR) is 109 cm³/mol. The third-order valence-electron chi connectivity index (χ3n) is 4.56. The van der Waals surface area contributed by atoms with E-state index in [2.05, 4.69) is 10.3 Å². The summed E-state index contributed by atoms with van der Waals surface area (Å²) in [5.74, 6) is -0.430. The molecule has 0 spiro atoms. The number of hydrogen-bond acceptors (Lipinski definition) is 4. The lowest BCUT2D eigenvalue weighted by Crippen LogP contribution is -2.15. The number of imidazole rings is 1. The van der Waals surface area contributed by atoms with Gasteiger partial charge in [0.25, 0.3) is 5.91 Å². The van der Waals surface area contributed by atoms with Gasteiger partial charge >= 0.3 is 6.18 Å². The van der Waals surface area contributed by atoms with Crippen LogP contribution in [0.3, 0.4) is 0 Å². The first kappa shape index (κ1) is 20.0. The summed E-state index contributed by atoms with van der Waals surface area (Å²) in [5, 5.41) is 4.13. The molecule has 0 unspecified atom stereocenters. The van der Waals surface area contributed by atoms with Crippen molar-refractivity contribution in [3.8, 4) is 17.0 Å². The van der Waals surface area contributed by atoms with Gasteiger partial charge in [-0.3, -0.25) is 9.20 Å². The molecule has 0 saturated carbocycles. The van der Waals surface area contributed by atoms with Crippen LogP contribution in [0, 0.1) is 6.92 Å². The zero-order valence-electron chi connectivity index (χ0n) is 15.9. The molecule has 1 N–H and O–H groups in total. The molecule has 30 heavy (non-hydrogen) atoms. The molecule has 0 aliphatic rings. The summed E-state index contributed by atoms with van der Waals surface area (Å²) in [4.78, 5) is 18.0.